The topological polar surface area (TPSA) is 70.6 Å². The summed E-state index contributed by atoms with van der Waals surface area (Å²) in [7, 11) is 0. The van der Waals surface area contributed by atoms with Gasteiger partial charge in [-0.15, -0.1) is 0 Å². The fourth-order valence-corrected chi connectivity index (χ4v) is 0.590. The molecule has 0 heterocycles. The summed E-state index contributed by atoms with van der Waals surface area (Å²) in [6, 6.07) is -0.407. The van der Waals surface area contributed by atoms with E-state index in [4.69, 9.17) is 0 Å². The summed E-state index contributed by atoms with van der Waals surface area (Å²) in [6.45, 7) is 5.66. The van der Waals surface area contributed by atoms with Gasteiger partial charge in [-0.05, 0) is 13.0 Å². The molecule has 0 aromatic heterocycles. The summed E-state index contributed by atoms with van der Waals surface area (Å²) in [6.07, 6.45) is 2.57. The molecular weight excluding hydrogens is 170 g/mol. The first-order chi connectivity index (χ1) is 6.20. The summed E-state index contributed by atoms with van der Waals surface area (Å²) in [5.41, 5.74) is 0. The van der Waals surface area contributed by atoms with Crippen molar-refractivity contribution < 1.29 is 9.59 Å². The number of hydrogen-bond acceptors (Lipinski definition) is 2. The first kappa shape index (κ1) is 11.4. The average molecular weight is 183 g/mol. The number of urea groups is 1. The van der Waals surface area contributed by atoms with Crippen molar-refractivity contribution in [2.75, 3.05) is 13.1 Å². The number of carbonyl (C=O) groups is 2. The maximum Gasteiger partial charge on any atom is 0.340 e. The highest BCUT2D eigenvalue weighted by atomic mass is 16.2. The molecule has 0 rings (SSSR count). The zero-order chi connectivity index (χ0) is 10.1. The van der Waals surface area contributed by atoms with Crippen LogP contribution in [0.3, 0.4) is 0 Å². The SMILES string of the molecule is C=CC(=O)NCCNC(=O)N=CC. The maximum atomic E-state index is 10.7. The van der Waals surface area contributed by atoms with E-state index in [0.29, 0.717) is 13.1 Å². The van der Waals surface area contributed by atoms with Crippen LogP contribution in [0, 0.1) is 0 Å². The zero-order valence-electron chi connectivity index (χ0n) is 7.54. The molecule has 3 amide bonds. The van der Waals surface area contributed by atoms with Crippen LogP contribution < -0.4 is 10.6 Å². The predicted octanol–water partition coefficient (Wildman–Crippen LogP) is 0.0889. The molecular formula is C8H13N3O2. The molecule has 5 nitrogen and oxygen atoms in total. The number of aliphatic imine (C=N–C) groups is 1. The highest BCUT2D eigenvalue weighted by Crippen LogP contribution is 1.71. The van der Waals surface area contributed by atoms with E-state index in [0.717, 1.165) is 0 Å². The maximum absolute atomic E-state index is 10.7. The second kappa shape index (κ2) is 7.02. The van der Waals surface area contributed by atoms with Crippen LogP contribution in [-0.2, 0) is 4.79 Å². The van der Waals surface area contributed by atoms with Crippen LogP contribution in [0.5, 0.6) is 0 Å². The molecule has 0 saturated heterocycles. The standard InChI is InChI=1S/C8H13N3O2/c1-3-7(12)10-5-6-11-8(13)9-4-2/h3-4H,1,5-6H2,2H3,(H,10,12)(H,11,13). The number of carbonyl (C=O) groups excluding carboxylic acids is 2. The fourth-order valence-electron chi connectivity index (χ4n) is 0.590. The molecule has 0 aliphatic heterocycles. The molecule has 0 aromatic carbocycles. The van der Waals surface area contributed by atoms with Gasteiger partial charge in [0.1, 0.15) is 0 Å². The van der Waals surface area contributed by atoms with Crippen molar-refractivity contribution in [2.45, 2.75) is 6.92 Å². The lowest BCUT2D eigenvalue weighted by Crippen LogP contribution is -2.32. The molecule has 0 spiro atoms. The summed E-state index contributed by atoms with van der Waals surface area (Å²) in [4.78, 5) is 24.8. The van der Waals surface area contributed by atoms with Crippen molar-refractivity contribution in [3.05, 3.63) is 12.7 Å². The lowest BCUT2D eigenvalue weighted by atomic mass is 10.5. The summed E-state index contributed by atoms with van der Waals surface area (Å²) < 4.78 is 0. The monoisotopic (exact) mass is 183 g/mol. The number of rotatable bonds is 4. The molecule has 0 radical (unpaired) electrons. The first-order valence-electron chi connectivity index (χ1n) is 3.87. The van der Waals surface area contributed by atoms with Crippen LogP contribution >= 0.6 is 0 Å². The highest BCUT2D eigenvalue weighted by Gasteiger charge is 1.95. The molecule has 0 aliphatic rings. The minimum absolute atomic E-state index is 0.256. The average Bonchev–Trinajstić information content (AvgIpc) is 2.12. The van der Waals surface area contributed by atoms with E-state index in [2.05, 4.69) is 22.2 Å². The number of nitrogens with one attached hydrogen (secondary N) is 2. The van der Waals surface area contributed by atoms with Crippen molar-refractivity contribution in [3.63, 3.8) is 0 Å². The molecule has 0 atom stereocenters. The second-order valence-corrected chi connectivity index (χ2v) is 2.11. The van der Waals surface area contributed by atoms with Gasteiger partial charge in [-0.3, -0.25) is 4.79 Å². The normalized spacial score (nSPS) is 9.62. The second-order valence-electron chi connectivity index (χ2n) is 2.11. The van der Waals surface area contributed by atoms with Crippen molar-refractivity contribution in [3.8, 4) is 0 Å². The number of amides is 3. The number of nitrogens with zero attached hydrogens (tertiary/aromatic N) is 1. The van der Waals surface area contributed by atoms with E-state index in [-0.39, 0.29) is 5.91 Å². The van der Waals surface area contributed by atoms with Gasteiger partial charge in [-0.25, -0.2) is 9.79 Å². The smallest absolute Gasteiger partial charge is 0.340 e. The minimum atomic E-state index is -0.407. The Bertz CT molecular complexity index is 223. The van der Waals surface area contributed by atoms with E-state index in [1.54, 1.807) is 6.92 Å². The largest absolute Gasteiger partial charge is 0.351 e. The van der Waals surface area contributed by atoms with Crippen LogP contribution in [-0.4, -0.2) is 31.2 Å². The van der Waals surface area contributed by atoms with Gasteiger partial charge in [0.25, 0.3) is 0 Å². The van der Waals surface area contributed by atoms with Crippen molar-refractivity contribution in [1.29, 1.82) is 0 Å². The predicted molar refractivity (Wildman–Crippen MR) is 50.8 cm³/mol. The Balaban J connectivity index is 3.40. The van der Waals surface area contributed by atoms with E-state index in [1.165, 1.54) is 12.3 Å². The molecule has 72 valence electrons. The Labute approximate surface area is 76.9 Å². The van der Waals surface area contributed by atoms with Crippen molar-refractivity contribution in [1.82, 2.24) is 10.6 Å². The van der Waals surface area contributed by atoms with Gasteiger partial charge in [-0.1, -0.05) is 6.58 Å². The quantitative estimate of drug-likeness (QED) is 0.368. The Kier molecular flexibility index (Phi) is 6.13. The van der Waals surface area contributed by atoms with E-state index >= 15 is 0 Å². The fraction of sp³-hybridized carbons (Fsp3) is 0.375. The molecule has 0 bridgehead atoms. The molecule has 0 fully saturated rings. The van der Waals surface area contributed by atoms with Crippen LogP contribution in [0.2, 0.25) is 0 Å². The van der Waals surface area contributed by atoms with Gasteiger partial charge >= 0.3 is 6.03 Å². The van der Waals surface area contributed by atoms with Gasteiger partial charge in [0, 0.05) is 19.3 Å². The number of hydrogen-bond donors (Lipinski definition) is 2. The molecule has 5 heteroatoms. The molecule has 13 heavy (non-hydrogen) atoms. The molecule has 0 aromatic rings. The van der Waals surface area contributed by atoms with Crippen LogP contribution in [0.1, 0.15) is 6.92 Å². The minimum Gasteiger partial charge on any atom is -0.351 e. The lowest BCUT2D eigenvalue weighted by molar-refractivity contribution is -0.116. The van der Waals surface area contributed by atoms with Gasteiger partial charge in [-0.2, -0.15) is 0 Å². The summed E-state index contributed by atoms with van der Waals surface area (Å²) in [5.74, 6) is -0.256. The third-order valence-corrected chi connectivity index (χ3v) is 1.13. The molecule has 0 aliphatic carbocycles. The summed E-state index contributed by atoms with van der Waals surface area (Å²) in [5, 5.41) is 4.98. The first-order valence-corrected chi connectivity index (χ1v) is 3.87. The Morgan fingerprint density at radius 3 is 2.54 bits per heavy atom. The molecule has 0 unspecified atom stereocenters. The van der Waals surface area contributed by atoms with Gasteiger partial charge in [0.2, 0.25) is 5.91 Å². The van der Waals surface area contributed by atoms with E-state index < -0.39 is 6.03 Å². The van der Waals surface area contributed by atoms with E-state index in [1.807, 2.05) is 0 Å². The molecule has 2 N–H and O–H groups in total. The van der Waals surface area contributed by atoms with Gasteiger partial charge in [0.15, 0.2) is 0 Å². The Morgan fingerprint density at radius 1 is 1.38 bits per heavy atom. The molecule has 0 saturated carbocycles. The summed E-state index contributed by atoms with van der Waals surface area (Å²) >= 11 is 0. The highest BCUT2D eigenvalue weighted by molar-refractivity contribution is 5.87. The van der Waals surface area contributed by atoms with E-state index in [9.17, 15) is 9.59 Å². The Morgan fingerprint density at radius 2 is 2.00 bits per heavy atom. The van der Waals surface area contributed by atoms with Gasteiger partial charge in [0.05, 0.1) is 0 Å². The van der Waals surface area contributed by atoms with Crippen LogP contribution in [0.25, 0.3) is 0 Å². The lowest BCUT2D eigenvalue weighted by Gasteiger charge is -2.01. The van der Waals surface area contributed by atoms with Crippen LogP contribution in [0.15, 0.2) is 17.6 Å². The van der Waals surface area contributed by atoms with Gasteiger partial charge < -0.3 is 10.6 Å². The van der Waals surface area contributed by atoms with Crippen molar-refractivity contribution >= 4 is 18.2 Å². The Hall–Kier alpha value is -1.65. The van der Waals surface area contributed by atoms with Crippen molar-refractivity contribution in [2.24, 2.45) is 4.99 Å². The third kappa shape index (κ3) is 6.74. The zero-order valence-corrected chi connectivity index (χ0v) is 7.54. The van der Waals surface area contributed by atoms with Crippen LogP contribution in [0.4, 0.5) is 4.79 Å². The third-order valence-electron chi connectivity index (χ3n) is 1.13.